The lowest BCUT2D eigenvalue weighted by atomic mass is 10.1. The van der Waals surface area contributed by atoms with E-state index in [4.69, 9.17) is 0 Å². The van der Waals surface area contributed by atoms with E-state index in [1.54, 1.807) is 6.07 Å². The fourth-order valence-electron chi connectivity index (χ4n) is 2.77. The highest BCUT2D eigenvalue weighted by Gasteiger charge is 2.23. The summed E-state index contributed by atoms with van der Waals surface area (Å²) in [5.41, 5.74) is 1.89. The minimum atomic E-state index is -0.0899. The third-order valence-electron chi connectivity index (χ3n) is 3.81. The van der Waals surface area contributed by atoms with Crippen molar-refractivity contribution in [2.24, 2.45) is 5.92 Å². The van der Waals surface area contributed by atoms with Gasteiger partial charge in [0.1, 0.15) is 5.82 Å². The molecule has 1 aromatic rings. The van der Waals surface area contributed by atoms with Gasteiger partial charge in [0.2, 0.25) is 0 Å². The maximum absolute atomic E-state index is 14.1. The molecule has 0 aliphatic carbocycles. The molecule has 1 aliphatic heterocycles. The van der Waals surface area contributed by atoms with Gasteiger partial charge in [0, 0.05) is 30.4 Å². The first-order chi connectivity index (χ1) is 9.09. The summed E-state index contributed by atoms with van der Waals surface area (Å²) in [7, 11) is 0. The quantitative estimate of drug-likeness (QED) is 0.874. The summed E-state index contributed by atoms with van der Waals surface area (Å²) in [4.78, 5) is 2.34. The molecule has 1 saturated heterocycles. The third-order valence-corrected chi connectivity index (χ3v) is 3.81. The molecule has 19 heavy (non-hydrogen) atoms. The molecule has 106 valence electrons. The Morgan fingerprint density at radius 1 is 1.42 bits per heavy atom. The Balaban J connectivity index is 2.16. The van der Waals surface area contributed by atoms with Crippen LogP contribution in [-0.2, 0) is 6.54 Å². The number of nitrogens with zero attached hydrogens (tertiary/aromatic N) is 1. The van der Waals surface area contributed by atoms with Crippen LogP contribution in [-0.4, -0.2) is 19.1 Å². The average molecular weight is 264 g/mol. The van der Waals surface area contributed by atoms with Crippen molar-refractivity contribution >= 4 is 5.69 Å². The van der Waals surface area contributed by atoms with E-state index in [9.17, 15) is 4.39 Å². The molecular formula is C16H25FN2. The van der Waals surface area contributed by atoms with Crippen LogP contribution in [0.25, 0.3) is 0 Å². The number of hydrogen-bond acceptors (Lipinski definition) is 2. The van der Waals surface area contributed by atoms with Crippen LogP contribution < -0.4 is 10.2 Å². The van der Waals surface area contributed by atoms with Crippen LogP contribution >= 0.6 is 0 Å². The van der Waals surface area contributed by atoms with Crippen molar-refractivity contribution in [1.82, 2.24) is 5.32 Å². The van der Waals surface area contributed by atoms with Gasteiger partial charge in [-0.05, 0) is 44.4 Å². The summed E-state index contributed by atoms with van der Waals surface area (Å²) in [6, 6.07) is 5.96. The lowest BCUT2D eigenvalue weighted by Crippen LogP contribution is -2.29. The molecule has 1 aliphatic rings. The van der Waals surface area contributed by atoms with E-state index in [1.807, 2.05) is 6.07 Å². The van der Waals surface area contributed by atoms with Gasteiger partial charge in [0.05, 0.1) is 0 Å². The number of rotatable bonds is 5. The van der Waals surface area contributed by atoms with Gasteiger partial charge >= 0.3 is 0 Å². The predicted octanol–water partition coefficient (Wildman–Crippen LogP) is 3.56. The van der Waals surface area contributed by atoms with Crippen molar-refractivity contribution in [3.05, 3.63) is 29.6 Å². The maximum Gasteiger partial charge on any atom is 0.129 e. The fraction of sp³-hybridized carbons (Fsp3) is 0.625. The monoisotopic (exact) mass is 264 g/mol. The largest absolute Gasteiger partial charge is 0.368 e. The minimum absolute atomic E-state index is 0.0899. The Morgan fingerprint density at radius 3 is 2.84 bits per heavy atom. The van der Waals surface area contributed by atoms with Crippen molar-refractivity contribution in [3.63, 3.8) is 0 Å². The van der Waals surface area contributed by atoms with Gasteiger partial charge in [0.15, 0.2) is 0 Å². The van der Waals surface area contributed by atoms with Crippen molar-refractivity contribution in [3.8, 4) is 0 Å². The Hall–Kier alpha value is -1.09. The Morgan fingerprint density at radius 2 is 2.21 bits per heavy atom. The molecule has 0 aromatic heterocycles. The van der Waals surface area contributed by atoms with E-state index in [-0.39, 0.29) is 5.82 Å². The zero-order chi connectivity index (χ0) is 13.8. The van der Waals surface area contributed by atoms with Gasteiger partial charge in [-0.25, -0.2) is 4.39 Å². The van der Waals surface area contributed by atoms with Gasteiger partial charge in [-0.1, -0.05) is 19.9 Å². The van der Waals surface area contributed by atoms with Crippen LogP contribution in [0.4, 0.5) is 10.1 Å². The van der Waals surface area contributed by atoms with E-state index >= 15 is 0 Å². The molecular weight excluding hydrogens is 239 g/mol. The molecule has 1 aromatic carbocycles. The Kier molecular flexibility index (Phi) is 4.81. The van der Waals surface area contributed by atoms with Gasteiger partial charge in [-0.3, -0.25) is 0 Å². The maximum atomic E-state index is 14.1. The lowest BCUT2D eigenvalue weighted by Gasteiger charge is -2.27. The molecule has 1 fully saturated rings. The van der Waals surface area contributed by atoms with Crippen LogP contribution in [0.2, 0.25) is 0 Å². The first kappa shape index (κ1) is 14.3. The zero-order valence-electron chi connectivity index (χ0n) is 12.2. The highest BCUT2D eigenvalue weighted by Crippen LogP contribution is 2.29. The average Bonchev–Trinajstić information content (AvgIpc) is 2.77. The molecule has 0 amide bonds. The van der Waals surface area contributed by atoms with Gasteiger partial charge < -0.3 is 10.2 Å². The molecule has 1 unspecified atom stereocenters. The number of benzene rings is 1. The van der Waals surface area contributed by atoms with E-state index < -0.39 is 0 Å². The summed E-state index contributed by atoms with van der Waals surface area (Å²) >= 11 is 0. The second-order valence-electron chi connectivity index (χ2n) is 5.95. The number of anilines is 1. The third kappa shape index (κ3) is 3.47. The van der Waals surface area contributed by atoms with Crippen LogP contribution in [0.3, 0.4) is 0 Å². The van der Waals surface area contributed by atoms with Crippen molar-refractivity contribution in [1.29, 1.82) is 0 Å². The van der Waals surface area contributed by atoms with Gasteiger partial charge in [-0.2, -0.15) is 0 Å². The number of hydrogen-bond donors (Lipinski definition) is 1. The Bertz CT molecular complexity index is 417. The fourth-order valence-corrected chi connectivity index (χ4v) is 2.77. The number of nitrogens with one attached hydrogen (secondary N) is 1. The molecule has 1 heterocycles. The molecule has 3 heteroatoms. The molecule has 0 radical (unpaired) electrons. The van der Waals surface area contributed by atoms with Crippen molar-refractivity contribution in [2.75, 3.05) is 18.0 Å². The molecule has 1 N–H and O–H groups in total. The Labute approximate surface area is 116 Å². The first-order valence-electron chi connectivity index (χ1n) is 7.34. The second kappa shape index (κ2) is 6.38. The summed E-state index contributed by atoms with van der Waals surface area (Å²) in [6.07, 6.45) is 2.41. The zero-order valence-corrected chi connectivity index (χ0v) is 12.2. The molecule has 2 rings (SSSR count). The molecule has 1 atom stereocenters. The van der Waals surface area contributed by atoms with Crippen LogP contribution in [0.5, 0.6) is 0 Å². The van der Waals surface area contributed by atoms with E-state index in [0.29, 0.717) is 18.5 Å². The second-order valence-corrected chi connectivity index (χ2v) is 5.95. The minimum Gasteiger partial charge on any atom is -0.368 e. The normalized spacial score (nSPS) is 19.4. The summed E-state index contributed by atoms with van der Waals surface area (Å²) in [5.74, 6) is 0.494. The van der Waals surface area contributed by atoms with Gasteiger partial charge in [-0.15, -0.1) is 0 Å². The molecule has 0 saturated carbocycles. The first-order valence-corrected chi connectivity index (χ1v) is 7.34. The summed E-state index contributed by atoms with van der Waals surface area (Å²) in [5, 5.41) is 3.35. The van der Waals surface area contributed by atoms with Gasteiger partial charge in [0.25, 0.3) is 0 Å². The van der Waals surface area contributed by atoms with Crippen molar-refractivity contribution in [2.45, 2.75) is 46.2 Å². The SMILES string of the molecule is CC(C)CNCc1c(F)cccc1N1CCCC1C. The van der Waals surface area contributed by atoms with Crippen molar-refractivity contribution < 1.29 is 4.39 Å². The number of halogens is 1. The highest BCUT2D eigenvalue weighted by atomic mass is 19.1. The lowest BCUT2D eigenvalue weighted by molar-refractivity contribution is 0.533. The van der Waals surface area contributed by atoms with E-state index in [0.717, 1.165) is 24.3 Å². The highest BCUT2D eigenvalue weighted by molar-refractivity contribution is 5.55. The topological polar surface area (TPSA) is 15.3 Å². The summed E-state index contributed by atoms with van der Waals surface area (Å²) in [6.45, 7) is 9.13. The van der Waals surface area contributed by atoms with E-state index in [1.165, 1.54) is 12.8 Å². The predicted molar refractivity (Wildman–Crippen MR) is 79.0 cm³/mol. The molecule has 0 bridgehead atoms. The molecule has 0 spiro atoms. The standard InChI is InChI=1S/C16H25FN2/c1-12(2)10-18-11-14-15(17)7-4-8-16(14)19-9-5-6-13(19)3/h4,7-8,12-13,18H,5-6,9-11H2,1-3H3. The van der Waals surface area contributed by atoms with Crippen LogP contribution in [0.1, 0.15) is 39.2 Å². The van der Waals surface area contributed by atoms with E-state index in [2.05, 4.69) is 37.1 Å². The van der Waals surface area contributed by atoms with Crippen LogP contribution in [0.15, 0.2) is 18.2 Å². The van der Waals surface area contributed by atoms with Crippen LogP contribution in [0, 0.1) is 11.7 Å². The molecule has 2 nitrogen and oxygen atoms in total. The summed E-state index contributed by atoms with van der Waals surface area (Å²) < 4.78 is 14.1. The smallest absolute Gasteiger partial charge is 0.129 e.